The van der Waals surface area contributed by atoms with E-state index in [4.69, 9.17) is 13.9 Å². The molecule has 2 aromatic carbocycles. The van der Waals surface area contributed by atoms with Crippen LogP contribution >= 0.6 is 0 Å². The minimum Gasteiger partial charge on any atom is -0.493 e. The van der Waals surface area contributed by atoms with Gasteiger partial charge in [0.15, 0.2) is 22.7 Å². The minimum atomic E-state index is -0.773. The van der Waals surface area contributed by atoms with Gasteiger partial charge in [0.05, 0.1) is 19.2 Å². The van der Waals surface area contributed by atoms with E-state index in [0.717, 1.165) is 17.4 Å². The van der Waals surface area contributed by atoms with Gasteiger partial charge in [-0.3, -0.25) is 4.79 Å². The van der Waals surface area contributed by atoms with Crippen LogP contribution in [0.4, 0.5) is 0 Å². The summed E-state index contributed by atoms with van der Waals surface area (Å²) in [6, 6.07) is 14.7. The molecule has 0 N–H and O–H groups in total. The van der Waals surface area contributed by atoms with Crippen LogP contribution in [0.2, 0.25) is 0 Å². The van der Waals surface area contributed by atoms with Crippen molar-refractivity contribution in [2.24, 2.45) is 0 Å². The average molecular weight is 377 g/mol. The van der Waals surface area contributed by atoms with E-state index in [1.807, 2.05) is 30.3 Å². The Morgan fingerprint density at radius 1 is 1.18 bits per heavy atom. The summed E-state index contributed by atoms with van der Waals surface area (Å²) in [7, 11) is 1.57. The monoisotopic (exact) mass is 377 g/mol. The first-order valence-corrected chi connectivity index (χ1v) is 9.30. The molecule has 0 aliphatic carbocycles. The third-order valence-corrected chi connectivity index (χ3v) is 5.61. The number of ether oxygens (including phenoxy) is 2. The standard InChI is InChI=1S/C22H19NO5/c1-26-17-9-4-6-14-12-18(27-19(14)17)20(24)23-11-5-10-22(13-23)16-8-3-2-7-15(16)21(25)28-22/h2-4,6-9,12H,5,10-11,13H2,1H3/t22-/m1/s1. The van der Waals surface area contributed by atoms with Gasteiger partial charge in [-0.05, 0) is 31.0 Å². The van der Waals surface area contributed by atoms with E-state index < -0.39 is 5.60 Å². The zero-order valence-electron chi connectivity index (χ0n) is 15.4. The Labute approximate surface area is 161 Å². The zero-order valence-corrected chi connectivity index (χ0v) is 15.4. The Morgan fingerprint density at radius 2 is 2.04 bits per heavy atom. The highest BCUT2D eigenvalue weighted by Crippen LogP contribution is 2.43. The van der Waals surface area contributed by atoms with Crippen LogP contribution in [0.5, 0.6) is 5.75 Å². The molecule has 0 radical (unpaired) electrons. The van der Waals surface area contributed by atoms with Crippen molar-refractivity contribution in [3.63, 3.8) is 0 Å². The summed E-state index contributed by atoms with van der Waals surface area (Å²) in [6.45, 7) is 0.914. The van der Waals surface area contributed by atoms with Crippen LogP contribution in [-0.4, -0.2) is 37.0 Å². The fourth-order valence-electron chi connectivity index (χ4n) is 4.30. The maximum atomic E-state index is 13.2. The van der Waals surface area contributed by atoms with Crippen LogP contribution in [-0.2, 0) is 10.3 Å². The molecule has 3 heterocycles. The van der Waals surface area contributed by atoms with Gasteiger partial charge >= 0.3 is 5.97 Å². The van der Waals surface area contributed by atoms with E-state index in [2.05, 4.69) is 0 Å². The topological polar surface area (TPSA) is 69.0 Å². The average Bonchev–Trinajstić information content (AvgIpc) is 3.27. The molecular formula is C22H19NO5. The van der Waals surface area contributed by atoms with Gasteiger partial charge < -0.3 is 18.8 Å². The van der Waals surface area contributed by atoms with E-state index >= 15 is 0 Å². The van der Waals surface area contributed by atoms with Gasteiger partial charge in [0, 0.05) is 17.5 Å². The molecule has 1 amide bonds. The van der Waals surface area contributed by atoms with Crippen molar-refractivity contribution in [1.82, 2.24) is 4.90 Å². The number of amides is 1. The van der Waals surface area contributed by atoms with Gasteiger partial charge in [-0.1, -0.05) is 30.3 Å². The van der Waals surface area contributed by atoms with E-state index in [-0.39, 0.29) is 17.6 Å². The number of carbonyl (C=O) groups excluding carboxylic acids is 2. The van der Waals surface area contributed by atoms with Crippen LogP contribution in [0.15, 0.2) is 52.9 Å². The molecule has 1 atom stereocenters. The summed E-state index contributed by atoms with van der Waals surface area (Å²) in [5.41, 5.74) is 1.23. The summed E-state index contributed by atoms with van der Waals surface area (Å²) in [6.07, 6.45) is 1.45. The van der Waals surface area contributed by atoms with Gasteiger partial charge in [0.2, 0.25) is 0 Å². The number of esters is 1. The van der Waals surface area contributed by atoms with Crippen LogP contribution in [0, 0.1) is 0 Å². The minimum absolute atomic E-state index is 0.210. The SMILES string of the molecule is COc1cccc2cc(C(=O)N3CCC[C@]4(C3)OC(=O)c3ccccc34)oc12. The first-order valence-electron chi connectivity index (χ1n) is 9.30. The first kappa shape index (κ1) is 16.9. The fraction of sp³-hybridized carbons (Fsp3) is 0.273. The molecule has 142 valence electrons. The van der Waals surface area contributed by atoms with E-state index in [1.165, 1.54) is 0 Å². The number of furan rings is 1. The number of likely N-dealkylation sites (tertiary alicyclic amines) is 1. The molecule has 1 saturated heterocycles. The van der Waals surface area contributed by atoms with Crippen LogP contribution in [0.25, 0.3) is 11.0 Å². The molecule has 0 saturated carbocycles. The summed E-state index contributed by atoms with van der Waals surface area (Å²) >= 11 is 0. The van der Waals surface area contributed by atoms with Crippen molar-refractivity contribution in [2.75, 3.05) is 20.2 Å². The lowest BCUT2D eigenvalue weighted by atomic mass is 9.85. The number of rotatable bonds is 2. The Kier molecular flexibility index (Phi) is 3.69. The second kappa shape index (κ2) is 6.12. The molecule has 0 unspecified atom stereocenters. The maximum Gasteiger partial charge on any atom is 0.339 e. The van der Waals surface area contributed by atoms with Crippen LogP contribution < -0.4 is 4.74 Å². The van der Waals surface area contributed by atoms with Crippen molar-refractivity contribution in [3.05, 3.63) is 65.4 Å². The fourth-order valence-corrected chi connectivity index (χ4v) is 4.30. The number of para-hydroxylation sites is 1. The van der Waals surface area contributed by atoms with Gasteiger partial charge in [0.1, 0.15) is 0 Å². The highest BCUT2D eigenvalue weighted by molar-refractivity contribution is 5.98. The van der Waals surface area contributed by atoms with Crippen molar-refractivity contribution in [1.29, 1.82) is 0 Å². The van der Waals surface area contributed by atoms with Gasteiger partial charge in [-0.25, -0.2) is 4.79 Å². The number of nitrogens with zero attached hydrogens (tertiary/aromatic N) is 1. The number of piperidine rings is 1. The van der Waals surface area contributed by atoms with E-state index in [1.54, 1.807) is 30.2 Å². The molecule has 1 spiro atoms. The Morgan fingerprint density at radius 3 is 2.89 bits per heavy atom. The predicted octanol–water partition coefficient (Wildman–Crippen LogP) is 3.74. The lowest BCUT2D eigenvalue weighted by molar-refractivity contribution is -0.0446. The number of carbonyl (C=O) groups is 2. The van der Waals surface area contributed by atoms with Gasteiger partial charge in [-0.15, -0.1) is 0 Å². The molecular weight excluding hydrogens is 358 g/mol. The maximum absolute atomic E-state index is 13.2. The Hall–Kier alpha value is -3.28. The summed E-state index contributed by atoms with van der Waals surface area (Å²) < 4.78 is 16.9. The molecule has 3 aromatic rings. The molecule has 28 heavy (non-hydrogen) atoms. The Balaban J connectivity index is 1.48. The smallest absolute Gasteiger partial charge is 0.339 e. The largest absolute Gasteiger partial charge is 0.493 e. The summed E-state index contributed by atoms with van der Waals surface area (Å²) in [5.74, 6) is 0.315. The molecule has 1 fully saturated rings. The zero-order chi connectivity index (χ0) is 19.3. The predicted molar refractivity (Wildman–Crippen MR) is 101 cm³/mol. The molecule has 2 aliphatic heterocycles. The molecule has 6 nitrogen and oxygen atoms in total. The Bertz CT molecular complexity index is 1100. The molecule has 0 bridgehead atoms. The van der Waals surface area contributed by atoms with Gasteiger partial charge in [-0.2, -0.15) is 0 Å². The van der Waals surface area contributed by atoms with Gasteiger partial charge in [0.25, 0.3) is 5.91 Å². The lowest BCUT2D eigenvalue weighted by Gasteiger charge is -2.39. The van der Waals surface area contributed by atoms with Crippen LogP contribution in [0.1, 0.15) is 39.3 Å². The second-order valence-electron chi connectivity index (χ2n) is 7.25. The van der Waals surface area contributed by atoms with E-state index in [9.17, 15) is 9.59 Å². The number of hydrogen-bond donors (Lipinski definition) is 0. The third-order valence-electron chi connectivity index (χ3n) is 5.61. The summed E-state index contributed by atoms with van der Waals surface area (Å²) in [4.78, 5) is 27.2. The normalized spacial score (nSPS) is 21.0. The van der Waals surface area contributed by atoms with Crippen molar-refractivity contribution in [3.8, 4) is 5.75 Å². The molecule has 1 aromatic heterocycles. The van der Waals surface area contributed by atoms with Crippen molar-refractivity contribution < 1.29 is 23.5 Å². The van der Waals surface area contributed by atoms with Crippen molar-refractivity contribution in [2.45, 2.75) is 18.4 Å². The highest BCUT2D eigenvalue weighted by atomic mass is 16.6. The molecule has 2 aliphatic rings. The summed E-state index contributed by atoms with van der Waals surface area (Å²) in [5, 5.41) is 0.812. The number of benzene rings is 2. The third kappa shape index (κ3) is 2.41. The lowest BCUT2D eigenvalue weighted by Crippen LogP contribution is -2.48. The molecule has 5 rings (SSSR count). The number of hydrogen-bond acceptors (Lipinski definition) is 5. The number of fused-ring (bicyclic) bond motifs is 3. The molecule has 6 heteroatoms. The van der Waals surface area contributed by atoms with Crippen molar-refractivity contribution >= 4 is 22.8 Å². The van der Waals surface area contributed by atoms with E-state index in [0.29, 0.717) is 36.4 Å². The quantitative estimate of drug-likeness (QED) is 0.637. The number of methoxy groups -OCH3 is 1. The van der Waals surface area contributed by atoms with Crippen LogP contribution in [0.3, 0.4) is 0 Å². The second-order valence-corrected chi connectivity index (χ2v) is 7.25. The highest BCUT2D eigenvalue weighted by Gasteiger charge is 2.49. The first-order chi connectivity index (χ1) is 13.6.